The summed E-state index contributed by atoms with van der Waals surface area (Å²) in [6.07, 6.45) is 11.4. The second-order valence-electron chi connectivity index (χ2n) is 10.8. The Kier molecular flexibility index (Phi) is 6.55. The maximum absolute atomic E-state index is 6.55. The van der Waals surface area contributed by atoms with Crippen LogP contribution in [-0.2, 0) is 0 Å². The molecule has 2 aliphatic carbocycles. The van der Waals surface area contributed by atoms with Crippen LogP contribution in [0.3, 0.4) is 0 Å². The van der Waals surface area contributed by atoms with Gasteiger partial charge in [0.05, 0.1) is 6.10 Å². The van der Waals surface area contributed by atoms with Gasteiger partial charge in [0.1, 0.15) is 5.75 Å². The molecule has 180 valence electrons. The average molecular weight is 481 g/mol. The molecule has 6 rings (SSSR count). The predicted octanol–water partition coefficient (Wildman–Crippen LogP) is 9.44. The molecule has 2 aliphatic rings. The van der Waals surface area contributed by atoms with Crippen LogP contribution in [0.15, 0.2) is 72.8 Å². The minimum atomic E-state index is -0.219. The summed E-state index contributed by atoms with van der Waals surface area (Å²) in [5.74, 6) is 1.03. The van der Waals surface area contributed by atoms with Crippen molar-refractivity contribution >= 4 is 34.8 Å². The summed E-state index contributed by atoms with van der Waals surface area (Å²) in [4.78, 5) is 0. The molecule has 0 unspecified atom stereocenters. The van der Waals surface area contributed by atoms with E-state index in [1.807, 2.05) is 0 Å². The molecule has 0 aromatic heterocycles. The maximum atomic E-state index is 6.55. The van der Waals surface area contributed by atoms with E-state index in [0.717, 1.165) is 17.1 Å². The number of fused-ring (bicyclic) bond motifs is 2. The van der Waals surface area contributed by atoms with Crippen LogP contribution < -0.4 is 10.0 Å². The lowest BCUT2D eigenvalue weighted by atomic mass is 9.93. The maximum Gasteiger partial charge on any atom is 0.128 e. The van der Waals surface area contributed by atoms with E-state index >= 15 is 0 Å². The highest BCUT2D eigenvalue weighted by atomic mass is 31.1. The van der Waals surface area contributed by atoms with E-state index in [2.05, 4.69) is 86.6 Å². The first-order valence-corrected chi connectivity index (χ1v) is 15.2. The fraction of sp³-hybridized carbons (Fsp3) is 0.394. The van der Waals surface area contributed by atoms with Crippen molar-refractivity contribution in [3.8, 4) is 16.9 Å². The highest BCUT2D eigenvalue weighted by Gasteiger charge is 2.36. The van der Waals surface area contributed by atoms with Crippen molar-refractivity contribution in [2.75, 3.05) is 0 Å². The molecule has 0 N–H and O–H groups in total. The molecule has 4 aromatic rings. The second-order valence-corrected chi connectivity index (χ2v) is 13.5. The van der Waals surface area contributed by atoms with Gasteiger partial charge in [0.25, 0.3) is 0 Å². The third-order valence-electron chi connectivity index (χ3n) is 8.12. The van der Waals surface area contributed by atoms with Crippen molar-refractivity contribution in [2.45, 2.75) is 82.6 Å². The molecule has 2 heteroatoms. The van der Waals surface area contributed by atoms with Crippen LogP contribution >= 0.6 is 7.92 Å². The van der Waals surface area contributed by atoms with Crippen molar-refractivity contribution in [3.05, 3.63) is 72.8 Å². The Hall–Kier alpha value is -2.37. The summed E-state index contributed by atoms with van der Waals surface area (Å²) in [6, 6.07) is 27.3. The van der Waals surface area contributed by atoms with Crippen LogP contribution in [0, 0.1) is 0 Å². The summed E-state index contributed by atoms with van der Waals surface area (Å²) >= 11 is 0. The Morgan fingerprint density at radius 2 is 1.14 bits per heavy atom. The summed E-state index contributed by atoms with van der Waals surface area (Å²) < 4.78 is 6.55. The van der Waals surface area contributed by atoms with Gasteiger partial charge in [-0.05, 0) is 83.8 Å². The van der Waals surface area contributed by atoms with Crippen LogP contribution in [0.1, 0.15) is 65.2 Å². The van der Waals surface area contributed by atoms with Gasteiger partial charge in [-0.2, -0.15) is 0 Å². The van der Waals surface area contributed by atoms with E-state index in [-0.39, 0.29) is 14.0 Å². The van der Waals surface area contributed by atoms with Gasteiger partial charge in [0.15, 0.2) is 0 Å². The molecular weight excluding hydrogens is 443 g/mol. The molecule has 4 aromatic carbocycles. The first-order valence-electron chi connectivity index (χ1n) is 13.7. The quantitative estimate of drug-likeness (QED) is 0.250. The van der Waals surface area contributed by atoms with Gasteiger partial charge in [-0.3, -0.25) is 0 Å². The molecule has 0 aliphatic heterocycles. The van der Waals surface area contributed by atoms with Crippen molar-refractivity contribution in [1.29, 1.82) is 0 Å². The fourth-order valence-corrected chi connectivity index (χ4v) is 10.6. The third kappa shape index (κ3) is 4.38. The van der Waals surface area contributed by atoms with Gasteiger partial charge in [-0.1, -0.05) is 100 Å². The Morgan fingerprint density at radius 1 is 0.629 bits per heavy atom. The Bertz CT molecular complexity index is 1310. The van der Waals surface area contributed by atoms with Gasteiger partial charge >= 0.3 is 0 Å². The predicted molar refractivity (Wildman–Crippen MR) is 154 cm³/mol. The normalized spacial score (nSPS) is 17.4. The lowest BCUT2D eigenvalue weighted by Gasteiger charge is -2.33. The number of ether oxygens (including phenoxy) is 1. The molecule has 2 fully saturated rings. The zero-order chi connectivity index (χ0) is 23.8. The van der Waals surface area contributed by atoms with E-state index < -0.39 is 0 Å². The standard InChI is InChI=1S/C33H37OP/c1-23(2)34-30-21-19-24-11-3-9-17-28(24)32(30)33-29-18-10-4-12-25(29)20-22-31(33)35(26-13-5-6-14-26)27-15-7-8-16-27/h3-4,9-12,17-23,26-27H,5-8,13-16H2,1-2H3. The zero-order valence-electron chi connectivity index (χ0n) is 21.2. The van der Waals surface area contributed by atoms with Crippen molar-refractivity contribution in [3.63, 3.8) is 0 Å². The largest absolute Gasteiger partial charge is 0.490 e. The molecule has 0 radical (unpaired) electrons. The second kappa shape index (κ2) is 9.94. The highest BCUT2D eigenvalue weighted by Crippen LogP contribution is 2.58. The van der Waals surface area contributed by atoms with Crippen LogP contribution in [0.25, 0.3) is 32.7 Å². The molecule has 35 heavy (non-hydrogen) atoms. The minimum absolute atomic E-state index is 0.138. The van der Waals surface area contributed by atoms with Crippen molar-refractivity contribution < 1.29 is 4.74 Å². The van der Waals surface area contributed by atoms with Crippen LogP contribution in [0.5, 0.6) is 5.75 Å². The lowest BCUT2D eigenvalue weighted by molar-refractivity contribution is 0.244. The first kappa shape index (κ1) is 23.1. The molecule has 0 amide bonds. The number of rotatable bonds is 6. The molecule has 0 saturated heterocycles. The molecule has 0 spiro atoms. The Balaban J connectivity index is 1.68. The van der Waals surface area contributed by atoms with E-state index in [4.69, 9.17) is 4.74 Å². The van der Waals surface area contributed by atoms with Gasteiger partial charge < -0.3 is 4.74 Å². The van der Waals surface area contributed by atoms with Crippen molar-refractivity contribution in [2.24, 2.45) is 0 Å². The molecule has 0 atom stereocenters. The summed E-state index contributed by atoms with van der Waals surface area (Å²) in [7, 11) is -0.219. The highest BCUT2D eigenvalue weighted by molar-refractivity contribution is 7.67. The average Bonchev–Trinajstić information content (AvgIpc) is 3.60. The molecule has 2 saturated carbocycles. The van der Waals surface area contributed by atoms with E-state index in [1.54, 1.807) is 5.30 Å². The van der Waals surface area contributed by atoms with E-state index in [0.29, 0.717) is 0 Å². The SMILES string of the molecule is CC(C)Oc1ccc2ccccc2c1-c1c(P(C2CCCC2)C2CCCC2)ccc2ccccc12. The molecule has 0 bridgehead atoms. The third-order valence-corrected chi connectivity index (χ3v) is 11.7. The molecular formula is C33H37OP. The molecule has 1 nitrogen and oxygen atoms in total. The zero-order valence-corrected chi connectivity index (χ0v) is 22.1. The summed E-state index contributed by atoms with van der Waals surface area (Å²) in [5, 5.41) is 6.97. The number of hydrogen-bond donors (Lipinski definition) is 0. The van der Waals surface area contributed by atoms with Crippen molar-refractivity contribution in [1.82, 2.24) is 0 Å². The van der Waals surface area contributed by atoms with Crippen LogP contribution in [0.2, 0.25) is 0 Å². The van der Waals surface area contributed by atoms with E-state index in [1.165, 1.54) is 84.0 Å². The number of benzene rings is 4. The van der Waals surface area contributed by atoms with Gasteiger partial charge in [-0.25, -0.2) is 0 Å². The Labute approximate surface area is 211 Å². The van der Waals surface area contributed by atoms with Crippen LogP contribution in [0.4, 0.5) is 0 Å². The number of hydrogen-bond acceptors (Lipinski definition) is 1. The Morgan fingerprint density at radius 3 is 1.71 bits per heavy atom. The lowest BCUT2D eigenvalue weighted by Crippen LogP contribution is -2.21. The fourth-order valence-electron chi connectivity index (χ4n) is 6.66. The monoisotopic (exact) mass is 480 g/mol. The van der Waals surface area contributed by atoms with Gasteiger partial charge in [0.2, 0.25) is 0 Å². The van der Waals surface area contributed by atoms with Gasteiger partial charge in [-0.15, -0.1) is 0 Å². The topological polar surface area (TPSA) is 9.23 Å². The minimum Gasteiger partial charge on any atom is -0.490 e. The molecule has 0 heterocycles. The summed E-state index contributed by atoms with van der Waals surface area (Å²) in [5.41, 5.74) is 4.52. The smallest absolute Gasteiger partial charge is 0.128 e. The summed E-state index contributed by atoms with van der Waals surface area (Å²) in [6.45, 7) is 4.29. The van der Waals surface area contributed by atoms with Crippen LogP contribution in [-0.4, -0.2) is 17.4 Å². The first-order chi connectivity index (χ1) is 17.2. The van der Waals surface area contributed by atoms with Gasteiger partial charge in [0, 0.05) is 11.1 Å². The van der Waals surface area contributed by atoms with E-state index in [9.17, 15) is 0 Å².